The van der Waals surface area contributed by atoms with Crippen molar-refractivity contribution in [3.05, 3.63) is 68.8 Å². The molecular weight excluding hydrogens is 1020 g/mol. The third kappa shape index (κ3) is 13.5. The van der Waals surface area contributed by atoms with E-state index in [0.717, 1.165) is 29.4 Å². The molecule has 426 valence electrons. The number of imide groups is 1. The molecule has 3 aliphatic heterocycles. The summed E-state index contributed by atoms with van der Waals surface area (Å²) in [7, 11) is 0. The Bertz CT molecular complexity index is 3050. The first-order chi connectivity index (χ1) is 37.6. The van der Waals surface area contributed by atoms with Gasteiger partial charge in [0.2, 0.25) is 35.1 Å². The highest BCUT2D eigenvalue weighted by atomic mass is 16.6. The second-order valence-electron chi connectivity index (χ2n) is 22.2. The summed E-state index contributed by atoms with van der Waals surface area (Å²) in [6.07, 6.45) is 6.65. The van der Waals surface area contributed by atoms with E-state index >= 15 is 0 Å². The molecule has 2 fully saturated rings. The molecule has 1 unspecified atom stereocenters. The van der Waals surface area contributed by atoms with Gasteiger partial charge in [0.05, 0.1) is 72.7 Å². The maximum atomic E-state index is 14.0. The number of phenols is 1. The van der Waals surface area contributed by atoms with Gasteiger partial charge < -0.3 is 49.3 Å². The van der Waals surface area contributed by atoms with Crippen molar-refractivity contribution in [1.29, 1.82) is 0 Å². The molecular formula is C56H73N9O14. The summed E-state index contributed by atoms with van der Waals surface area (Å²) in [6, 6.07) is 6.54. The number of esters is 2. The fourth-order valence-corrected chi connectivity index (χ4v) is 10.8. The number of benzene rings is 1. The van der Waals surface area contributed by atoms with Crippen molar-refractivity contribution in [1.82, 2.24) is 45.4 Å². The van der Waals surface area contributed by atoms with Crippen LogP contribution < -0.4 is 21.5 Å². The van der Waals surface area contributed by atoms with Gasteiger partial charge in [-0.05, 0) is 115 Å². The number of phenolic OH excluding ortho intramolecular Hbond substituents is 1. The molecule has 8 rings (SSSR count). The van der Waals surface area contributed by atoms with Crippen molar-refractivity contribution in [3.63, 3.8) is 0 Å². The number of ether oxygens (including phenoxy) is 5. The largest absolute Gasteiger partial charge is 0.508 e. The minimum absolute atomic E-state index is 0.0345. The lowest BCUT2D eigenvalue weighted by atomic mass is 9.81. The molecule has 4 N–H and O–H groups in total. The molecule has 0 spiro atoms. The van der Waals surface area contributed by atoms with Crippen molar-refractivity contribution in [2.75, 3.05) is 46.1 Å². The number of nitrogens with zero attached hydrogens (tertiary/aromatic N) is 6. The Labute approximate surface area is 457 Å². The molecule has 79 heavy (non-hydrogen) atoms. The summed E-state index contributed by atoms with van der Waals surface area (Å²) < 4.78 is 32.1. The molecule has 1 aliphatic carbocycles. The van der Waals surface area contributed by atoms with Gasteiger partial charge in [-0.1, -0.05) is 26.0 Å². The summed E-state index contributed by atoms with van der Waals surface area (Å²) in [6.45, 7) is 13.6. The number of pyridine rings is 2. The summed E-state index contributed by atoms with van der Waals surface area (Å²) in [4.78, 5) is 110. The van der Waals surface area contributed by atoms with Gasteiger partial charge in [0.15, 0.2) is 0 Å². The number of aromatic nitrogens is 5. The fraction of sp³-hybridized carbons (Fsp3) is 0.589. The molecule has 5 amide bonds. The standard InChI is InChI=1S/C56H73N9O14/c1-8-38-39-23-37(66)14-15-43(39)60-49-40(38)29-64-44(49)24-42-41(52(64)73)30-76-53(74)56(42,9-2)79-48(70)26-58-46(68)32-75-31-45(67)57-18-16-54(4,5)77-20-17-55(6,7)78-21-19-63-28-36(61-62-63)25-59-50(71)35-12-10-34(11-13-35)27-65-47(69)22-33(3)51(65)72/h14-15,23-24,28,33-35,66H,8-13,16-22,25-27,29-32H2,1-7H3,(H,57,67)(H,58,68)(H,59,71)/t33?,34?,35?,56-/m0/s1. The number of aryl methyl sites for hydroxylation is 1. The normalized spacial score (nSPS) is 19.9. The van der Waals surface area contributed by atoms with Crippen LogP contribution in [0.25, 0.3) is 22.3 Å². The highest BCUT2D eigenvalue weighted by molar-refractivity contribution is 6.03. The van der Waals surface area contributed by atoms with Crippen LogP contribution in [0, 0.1) is 17.8 Å². The Morgan fingerprint density at radius 2 is 1.62 bits per heavy atom. The molecule has 1 aromatic carbocycles. The van der Waals surface area contributed by atoms with Crippen LogP contribution in [0.15, 0.2) is 35.3 Å². The third-order valence-corrected chi connectivity index (χ3v) is 15.5. The monoisotopic (exact) mass is 1100 g/mol. The van der Waals surface area contributed by atoms with Gasteiger partial charge in [-0.15, -0.1) is 5.10 Å². The van der Waals surface area contributed by atoms with Crippen molar-refractivity contribution in [2.24, 2.45) is 17.8 Å². The highest BCUT2D eigenvalue weighted by Crippen LogP contribution is 2.42. The molecule has 0 radical (unpaired) electrons. The molecule has 4 aromatic rings. The van der Waals surface area contributed by atoms with Crippen LogP contribution in [0.3, 0.4) is 0 Å². The van der Waals surface area contributed by atoms with E-state index in [2.05, 4.69) is 26.3 Å². The number of aromatic hydroxyl groups is 1. The van der Waals surface area contributed by atoms with Crippen LogP contribution in [-0.2, 0) is 95.5 Å². The average Bonchev–Trinajstić information content (AvgIpc) is 4.32. The van der Waals surface area contributed by atoms with Crippen LogP contribution in [0.2, 0.25) is 0 Å². The molecule has 3 aromatic heterocycles. The minimum Gasteiger partial charge on any atom is -0.508 e. The van der Waals surface area contributed by atoms with Crippen molar-refractivity contribution in [3.8, 4) is 17.1 Å². The van der Waals surface area contributed by atoms with Crippen LogP contribution in [0.4, 0.5) is 0 Å². The second kappa shape index (κ2) is 24.5. The van der Waals surface area contributed by atoms with Crippen molar-refractivity contribution >= 4 is 52.4 Å². The third-order valence-electron chi connectivity index (χ3n) is 15.5. The maximum Gasteiger partial charge on any atom is 0.355 e. The first-order valence-electron chi connectivity index (χ1n) is 27.3. The van der Waals surface area contributed by atoms with Gasteiger partial charge in [0.1, 0.15) is 37.8 Å². The van der Waals surface area contributed by atoms with Crippen LogP contribution in [0.5, 0.6) is 5.75 Å². The van der Waals surface area contributed by atoms with Crippen molar-refractivity contribution in [2.45, 2.75) is 149 Å². The fourth-order valence-electron chi connectivity index (χ4n) is 10.8. The summed E-state index contributed by atoms with van der Waals surface area (Å²) in [5, 5.41) is 27.5. The van der Waals surface area contributed by atoms with Crippen LogP contribution >= 0.6 is 0 Å². The Morgan fingerprint density at radius 1 is 0.899 bits per heavy atom. The van der Waals surface area contributed by atoms with Gasteiger partial charge in [-0.3, -0.25) is 38.5 Å². The van der Waals surface area contributed by atoms with E-state index in [1.165, 1.54) is 11.0 Å². The number of fused-ring (bicyclic) bond motifs is 5. The first-order valence-corrected chi connectivity index (χ1v) is 27.3. The molecule has 23 heteroatoms. The predicted octanol–water partition coefficient (Wildman–Crippen LogP) is 3.63. The number of carbonyl (C=O) groups is 7. The van der Waals surface area contributed by atoms with Gasteiger partial charge in [0, 0.05) is 47.9 Å². The predicted molar refractivity (Wildman–Crippen MR) is 283 cm³/mol. The Balaban J connectivity index is 0.691. The van der Waals surface area contributed by atoms with Crippen molar-refractivity contribution < 1.29 is 62.4 Å². The van der Waals surface area contributed by atoms with E-state index in [-0.39, 0.29) is 91.4 Å². The van der Waals surface area contributed by atoms with E-state index in [1.54, 1.807) is 47.5 Å². The van der Waals surface area contributed by atoms with Crippen LogP contribution in [0.1, 0.15) is 128 Å². The number of carbonyl (C=O) groups excluding carboxylic acids is 7. The summed E-state index contributed by atoms with van der Waals surface area (Å²) in [5.41, 5.74) is 0.844. The number of amides is 5. The van der Waals surface area contributed by atoms with E-state index in [1.807, 2.05) is 34.6 Å². The SMILES string of the molecule is CCc1c2c(nc3ccc(O)cc13)-c1cc3c(c(=O)n1C2)COC(=O)[C@@]3(CC)OC(=O)CNC(=O)COCC(=O)NCCC(C)(C)OCCC(C)(C)OCCn1cc(CNC(=O)C2CCC(CN3C(=O)CC(C)C3=O)CC2)nn1. The topological polar surface area (TPSA) is 291 Å². The van der Waals surface area contributed by atoms with E-state index in [4.69, 9.17) is 28.7 Å². The molecule has 6 heterocycles. The van der Waals surface area contributed by atoms with Crippen LogP contribution in [-0.4, -0.2) is 133 Å². The lowest BCUT2D eigenvalue weighted by molar-refractivity contribution is -0.189. The number of rotatable bonds is 25. The van der Waals surface area contributed by atoms with E-state index in [9.17, 15) is 43.5 Å². The first kappa shape index (κ1) is 58.0. The van der Waals surface area contributed by atoms with Gasteiger partial charge in [-0.2, -0.15) is 0 Å². The number of likely N-dealkylation sites (tertiary alicyclic amines) is 1. The summed E-state index contributed by atoms with van der Waals surface area (Å²) >= 11 is 0. The minimum atomic E-state index is -1.98. The lowest BCUT2D eigenvalue weighted by Crippen LogP contribution is -2.49. The second-order valence-corrected chi connectivity index (χ2v) is 22.2. The number of hydrogen-bond acceptors (Lipinski definition) is 17. The van der Waals surface area contributed by atoms with E-state index in [0.29, 0.717) is 81.0 Å². The number of hydrogen-bond donors (Lipinski definition) is 4. The average molecular weight is 1100 g/mol. The van der Waals surface area contributed by atoms with Gasteiger partial charge in [0.25, 0.3) is 5.56 Å². The zero-order chi connectivity index (χ0) is 56.8. The zero-order valence-electron chi connectivity index (χ0n) is 46.2. The molecule has 23 nitrogen and oxygen atoms in total. The molecule has 2 atom stereocenters. The molecule has 1 saturated heterocycles. The molecule has 1 saturated carbocycles. The number of cyclic esters (lactones) is 1. The Hall–Kier alpha value is -7.11. The quantitative estimate of drug-likeness (QED) is 0.0479. The number of nitrogens with one attached hydrogen (secondary N) is 3. The van der Waals surface area contributed by atoms with Gasteiger partial charge >= 0.3 is 11.9 Å². The van der Waals surface area contributed by atoms with Gasteiger partial charge in [-0.25, -0.2) is 14.5 Å². The van der Waals surface area contributed by atoms with E-state index < -0.39 is 65.9 Å². The smallest absolute Gasteiger partial charge is 0.355 e. The summed E-state index contributed by atoms with van der Waals surface area (Å²) in [5.74, 6) is -3.28. The maximum absolute atomic E-state index is 14.0. The molecule has 4 aliphatic rings. The zero-order valence-corrected chi connectivity index (χ0v) is 46.2. The Morgan fingerprint density at radius 3 is 2.33 bits per heavy atom. The lowest BCUT2D eigenvalue weighted by Gasteiger charge is -2.35. The highest BCUT2D eigenvalue weighted by Gasteiger charge is 2.50. The molecule has 0 bridgehead atoms. The Kier molecular flexibility index (Phi) is 18.0.